The summed E-state index contributed by atoms with van der Waals surface area (Å²) >= 11 is 6.72. The van der Waals surface area contributed by atoms with Gasteiger partial charge in [0.1, 0.15) is 5.75 Å². The van der Waals surface area contributed by atoms with Gasteiger partial charge in [-0.05, 0) is 44.3 Å². The number of amides is 1. The van der Waals surface area contributed by atoms with Crippen LogP contribution in [0.1, 0.15) is 6.42 Å². The highest BCUT2D eigenvalue weighted by molar-refractivity contribution is 9.11. The van der Waals surface area contributed by atoms with Gasteiger partial charge in [-0.2, -0.15) is 0 Å². The smallest absolute Gasteiger partial charge is 0.241 e. The van der Waals surface area contributed by atoms with E-state index >= 15 is 0 Å². The molecule has 3 N–H and O–H groups in total. The SMILES string of the molecule is C=CCC(N)C(=O)Nc1cc(OC)c(Br)cc1Br. The number of nitrogens with one attached hydrogen (secondary N) is 1. The Bertz CT molecular complexity index is 464. The molecule has 0 aliphatic heterocycles. The highest BCUT2D eigenvalue weighted by atomic mass is 79.9. The number of rotatable bonds is 5. The summed E-state index contributed by atoms with van der Waals surface area (Å²) in [5.41, 5.74) is 6.30. The van der Waals surface area contributed by atoms with Crippen LogP contribution in [0.15, 0.2) is 33.7 Å². The number of ether oxygens (including phenoxy) is 1. The van der Waals surface area contributed by atoms with Crippen LogP contribution in [0.25, 0.3) is 0 Å². The highest BCUT2D eigenvalue weighted by Crippen LogP contribution is 2.34. The summed E-state index contributed by atoms with van der Waals surface area (Å²) in [4.78, 5) is 11.8. The van der Waals surface area contributed by atoms with E-state index in [4.69, 9.17) is 10.5 Å². The molecule has 98 valence electrons. The zero-order chi connectivity index (χ0) is 13.7. The van der Waals surface area contributed by atoms with Gasteiger partial charge in [-0.3, -0.25) is 4.79 Å². The van der Waals surface area contributed by atoms with E-state index in [0.717, 1.165) is 8.95 Å². The molecule has 0 fully saturated rings. The van der Waals surface area contributed by atoms with Crippen LogP contribution in [0, 0.1) is 0 Å². The maximum Gasteiger partial charge on any atom is 0.241 e. The van der Waals surface area contributed by atoms with E-state index in [1.807, 2.05) is 0 Å². The third kappa shape index (κ3) is 3.83. The van der Waals surface area contributed by atoms with E-state index < -0.39 is 6.04 Å². The average molecular weight is 378 g/mol. The van der Waals surface area contributed by atoms with Crippen molar-refractivity contribution in [1.29, 1.82) is 0 Å². The molecule has 1 amide bonds. The van der Waals surface area contributed by atoms with Crippen LogP contribution in [0.2, 0.25) is 0 Å². The molecule has 0 aliphatic rings. The van der Waals surface area contributed by atoms with Crippen molar-refractivity contribution in [2.24, 2.45) is 5.73 Å². The molecule has 1 rings (SSSR count). The molecule has 18 heavy (non-hydrogen) atoms. The van der Waals surface area contributed by atoms with Gasteiger partial charge in [0, 0.05) is 10.5 Å². The Kier molecular flexibility index (Phi) is 5.84. The van der Waals surface area contributed by atoms with Crippen molar-refractivity contribution in [3.63, 3.8) is 0 Å². The monoisotopic (exact) mass is 376 g/mol. The van der Waals surface area contributed by atoms with E-state index in [2.05, 4.69) is 43.8 Å². The second-order valence-electron chi connectivity index (χ2n) is 3.59. The van der Waals surface area contributed by atoms with Crippen molar-refractivity contribution in [1.82, 2.24) is 0 Å². The fourth-order valence-corrected chi connectivity index (χ4v) is 2.55. The largest absolute Gasteiger partial charge is 0.495 e. The number of carbonyl (C=O) groups excluding carboxylic acids is 1. The predicted molar refractivity (Wildman–Crippen MR) is 79.8 cm³/mol. The zero-order valence-corrected chi connectivity index (χ0v) is 13.0. The quantitative estimate of drug-likeness (QED) is 0.775. The first kappa shape index (κ1) is 15.2. The molecule has 0 aromatic heterocycles. The Morgan fingerprint density at radius 2 is 2.22 bits per heavy atom. The summed E-state index contributed by atoms with van der Waals surface area (Å²) in [6.45, 7) is 3.55. The summed E-state index contributed by atoms with van der Waals surface area (Å²) in [6.07, 6.45) is 2.04. The molecule has 4 nitrogen and oxygen atoms in total. The Morgan fingerprint density at radius 3 is 2.78 bits per heavy atom. The molecule has 0 saturated carbocycles. The van der Waals surface area contributed by atoms with Gasteiger partial charge < -0.3 is 15.8 Å². The molecule has 1 atom stereocenters. The molecule has 0 aliphatic carbocycles. The molecular weight excluding hydrogens is 364 g/mol. The Morgan fingerprint density at radius 1 is 1.56 bits per heavy atom. The number of anilines is 1. The van der Waals surface area contributed by atoms with Crippen molar-refractivity contribution in [2.45, 2.75) is 12.5 Å². The number of nitrogens with two attached hydrogens (primary N) is 1. The summed E-state index contributed by atoms with van der Waals surface area (Å²) in [6, 6.07) is 2.91. The number of methoxy groups -OCH3 is 1. The highest BCUT2D eigenvalue weighted by Gasteiger charge is 2.14. The number of benzene rings is 1. The van der Waals surface area contributed by atoms with Crippen LogP contribution >= 0.6 is 31.9 Å². The van der Waals surface area contributed by atoms with Gasteiger partial charge in [0.15, 0.2) is 0 Å². The van der Waals surface area contributed by atoms with Crippen molar-refractivity contribution < 1.29 is 9.53 Å². The lowest BCUT2D eigenvalue weighted by molar-refractivity contribution is -0.117. The summed E-state index contributed by atoms with van der Waals surface area (Å²) in [5, 5.41) is 2.74. The molecule has 0 radical (unpaired) electrons. The van der Waals surface area contributed by atoms with Crippen molar-refractivity contribution in [3.8, 4) is 5.75 Å². The second kappa shape index (κ2) is 6.92. The number of halogens is 2. The zero-order valence-electron chi connectivity index (χ0n) is 9.87. The lowest BCUT2D eigenvalue weighted by atomic mass is 10.2. The maximum atomic E-state index is 11.8. The number of hydrogen-bond acceptors (Lipinski definition) is 3. The van der Waals surface area contributed by atoms with Crippen LogP contribution in [0.5, 0.6) is 5.75 Å². The summed E-state index contributed by atoms with van der Waals surface area (Å²) in [5.74, 6) is 0.366. The Hall–Kier alpha value is -0.850. The van der Waals surface area contributed by atoms with Gasteiger partial charge in [0.25, 0.3) is 0 Å². The van der Waals surface area contributed by atoms with Crippen LogP contribution in [0.3, 0.4) is 0 Å². The second-order valence-corrected chi connectivity index (χ2v) is 5.30. The first-order chi connectivity index (χ1) is 8.49. The van der Waals surface area contributed by atoms with Crippen molar-refractivity contribution in [2.75, 3.05) is 12.4 Å². The minimum atomic E-state index is -0.607. The standard InChI is InChI=1S/C12H14Br2N2O2/c1-3-4-9(15)12(17)16-10-6-11(18-2)8(14)5-7(10)13/h3,5-6,9H,1,4,15H2,2H3,(H,16,17). The normalized spacial score (nSPS) is 11.8. The van der Waals surface area contributed by atoms with Crippen LogP contribution in [-0.2, 0) is 4.79 Å². The summed E-state index contributed by atoms with van der Waals surface area (Å²) in [7, 11) is 1.56. The summed E-state index contributed by atoms with van der Waals surface area (Å²) < 4.78 is 6.71. The van der Waals surface area contributed by atoms with Crippen LogP contribution in [-0.4, -0.2) is 19.1 Å². The van der Waals surface area contributed by atoms with Crippen LogP contribution in [0.4, 0.5) is 5.69 Å². The van der Waals surface area contributed by atoms with E-state index in [-0.39, 0.29) is 5.91 Å². The maximum absolute atomic E-state index is 11.8. The molecule has 1 aromatic rings. The lowest BCUT2D eigenvalue weighted by Crippen LogP contribution is -2.35. The first-order valence-corrected chi connectivity index (χ1v) is 6.78. The Balaban J connectivity index is 2.90. The first-order valence-electron chi connectivity index (χ1n) is 5.20. The van der Waals surface area contributed by atoms with E-state index in [9.17, 15) is 4.79 Å². The fourth-order valence-electron chi connectivity index (χ4n) is 1.29. The minimum Gasteiger partial charge on any atom is -0.495 e. The number of hydrogen-bond donors (Lipinski definition) is 2. The van der Waals surface area contributed by atoms with Gasteiger partial charge in [-0.15, -0.1) is 6.58 Å². The van der Waals surface area contributed by atoms with Gasteiger partial charge in [-0.25, -0.2) is 0 Å². The van der Waals surface area contributed by atoms with E-state index in [1.165, 1.54) is 0 Å². The van der Waals surface area contributed by atoms with Gasteiger partial charge in [-0.1, -0.05) is 6.08 Å². The predicted octanol–water partition coefficient (Wildman–Crippen LogP) is 3.06. The topological polar surface area (TPSA) is 64.4 Å². The van der Waals surface area contributed by atoms with E-state index in [1.54, 1.807) is 25.3 Å². The molecular formula is C12H14Br2N2O2. The van der Waals surface area contributed by atoms with Gasteiger partial charge in [0.2, 0.25) is 5.91 Å². The van der Waals surface area contributed by atoms with Gasteiger partial charge >= 0.3 is 0 Å². The number of carbonyl (C=O) groups is 1. The molecule has 1 unspecified atom stereocenters. The molecule has 0 heterocycles. The minimum absolute atomic E-state index is 0.264. The van der Waals surface area contributed by atoms with Crippen LogP contribution < -0.4 is 15.8 Å². The molecule has 1 aromatic carbocycles. The van der Waals surface area contributed by atoms with Crippen molar-refractivity contribution in [3.05, 3.63) is 33.7 Å². The third-order valence-electron chi connectivity index (χ3n) is 2.26. The molecule has 0 bridgehead atoms. The average Bonchev–Trinajstić information content (AvgIpc) is 2.32. The van der Waals surface area contributed by atoms with E-state index in [0.29, 0.717) is 17.9 Å². The van der Waals surface area contributed by atoms with Gasteiger partial charge in [0.05, 0.1) is 23.3 Å². The third-order valence-corrected chi connectivity index (χ3v) is 3.53. The van der Waals surface area contributed by atoms with Crippen molar-refractivity contribution >= 4 is 43.5 Å². The molecule has 0 saturated heterocycles. The molecule has 6 heteroatoms. The Labute approximate surface area is 123 Å². The molecule has 0 spiro atoms. The lowest BCUT2D eigenvalue weighted by Gasteiger charge is -2.13. The fraction of sp³-hybridized carbons (Fsp3) is 0.250.